The highest BCUT2D eigenvalue weighted by molar-refractivity contribution is 5.88. The molecule has 1 aromatic carbocycles. The van der Waals surface area contributed by atoms with Gasteiger partial charge in [0.2, 0.25) is 6.36 Å². The van der Waals surface area contributed by atoms with Gasteiger partial charge >= 0.3 is 5.97 Å². The maximum atomic E-state index is 12.8. The van der Waals surface area contributed by atoms with Crippen LogP contribution >= 0.6 is 0 Å². The molecule has 0 saturated heterocycles. The first-order valence-electron chi connectivity index (χ1n) is 4.34. The Kier molecular flexibility index (Phi) is 2.11. The molecule has 3 nitrogen and oxygen atoms in total. The molecule has 0 amide bonds. The van der Waals surface area contributed by atoms with Crippen LogP contribution in [0.1, 0.15) is 22.3 Å². The summed E-state index contributed by atoms with van der Waals surface area (Å²) in [5.41, 5.74) is 0.975. The van der Waals surface area contributed by atoms with Gasteiger partial charge in [0.15, 0.2) is 0 Å². The Hall–Kier alpha value is -1.58. The van der Waals surface area contributed by atoms with E-state index in [2.05, 4.69) is 0 Å². The summed E-state index contributed by atoms with van der Waals surface area (Å²) in [5, 5.41) is 8.72. The van der Waals surface area contributed by atoms with Gasteiger partial charge in [0.1, 0.15) is 5.75 Å². The zero-order valence-electron chi connectivity index (χ0n) is 7.37. The zero-order chi connectivity index (χ0) is 10.1. The lowest BCUT2D eigenvalue weighted by Crippen LogP contribution is -2.17. The molecule has 0 saturated carbocycles. The summed E-state index contributed by atoms with van der Waals surface area (Å²) in [7, 11) is 0. The first-order chi connectivity index (χ1) is 6.66. The van der Waals surface area contributed by atoms with Crippen LogP contribution in [0.4, 0.5) is 4.39 Å². The predicted molar refractivity (Wildman–Crippen MR) is 47.2 cm³/mol. The molecule has 1 heterocycles. The summed E-state index contributed by atoms with van der Waals surface area (Å²) in [4.78, 5) is 10.6. The molecule has 1 aliphatic rings. The van der Waals surface area contributed by atoms with Gasteiger partial charge in [-0.15, -0.1) is 0 Å². The van der Waals surface area contributed by atoms with Crippen molar-refractivity contribution in [2.75, 3.05) is 0 Å². The highest BCUT2D eigenvalue weighted by atomic mass is 19.1. The molecule has 0 spiro atoms. The predicted octanol–water partition coefficient (Wildman–Crippen LogP) is 2.01. The fourth-order valence-electron chi connectivity index (χ4n) is 1.49. The molecular formula is C10H9FO3. The van der Waals surface area contributed by atoms with Crippen molar-refractivity contribution < 1.29 is 19.0 Å². The van der Waals surface area contributed by atoms with Crippen LogP contribution in [0.15, 0.2) is 18.2 Å². The maximum Gasteiger partial charge on any atom is 0.335 e. The van der Waals surface area contributed by atoms with E-state index in [0.717, 1.165) is 5.56 Å². The quantitative estimate of drug-likeness (QED) is 0.747. The van der Waals surface area contributed by atoms with Gasteiger partial charge in [-0.1, -0.05) is 0 Å². The zero-order valence-corrected chi connectivity index (χ0v) is 7.37. The van der Waals surface area contributed by atoms with Crippen molar-refractivity contribution in [1.29, 1.82) is 0 Å². The molecule has 1 unspecified atom stereocenters. The summed E-state index contributed by atoms with van der Waals surface area (Å²) < 4.78 is 17.7. The summed E-state index contributed by atoms with van der Waals surface area (Å²) >= 11 is 0. The van der Waals surface area contributed by atoms with E-state index in [4.69, 9.17) is 9.84 Å². The van der Waals surface area contributed by atoms with Gasteiger partial charge in [-0.25, -0.2) is 9.18 Å². The lowest BCUT2D eigenvalue weighted by molar-refractivity contribution is 0.0476. The van der Waals surface area contributed by atoms with Crippen molar-refractivity contribution >= 4 is 5.97 Å². The highest BCUT2D eigenvalue weighted by Crippen LogP contribution is 2.28. The first kappa shape index (κ1) is 8.99. The average molecular weight is 196 g/mol. The number of hydrogen-bond donors (Lipinski definition) is 1. The van der Waals surface area contributed by atoms with E-state index < -0.39 is 12.3 Å². The van der Waals surface area contributed by atoms with E-state index in [1.54, 1.807) is 0 Å². The number of rotatable bonds is 1. The molecule has 0 aliphatic carbocycles. The Bertz CT molecular complexity index is 376. The fraction of sp³-hybridized carbons (Fsp3) is 0.300. The third-order valence-corrected chi connectivity index (χ3v) is 2.20. The second-order valence-corrected chi connectivity index (χ2v) is 3.19. The third-order valence-electron chi connectivity index (χ3n) is 2.20. The van der Waals surface area contributed by atoms with Crippen LogP contribution in [0.2, 0.25) is 0 Å². The minimum absolute atomic E-state index is 0.213. The largest absolute Gasteiger partial charge is 0.478 e. The Morgan fingerprint density at radius 1 is 1.57 bits per heavy atom. The van der Waals surface area contributed by atoms with E-state index in [1.807, 2.05) is 0 Å². The standard InChI is InChI=1S/C10H9FO3/c11-9-4-2-6-5-7(10(12)13)1-3-8(6)14-9/h1,3,5,9H,2,4H2,(H,12,13). The van der Waals surface area contributed by atoms with Crippen LogP contribution in [-0.4, -0.2) is 17.4 Å². The monoisotopic (exact) mass is 196 g/mol. The number of benzene rings is 1. The molecule has 1 N–H and O–H groups in total. The molecule has 1 aliphatic heterocycles. The Labute approximate surface area is 80.1 Å². The summed E-state index contributed by atoms with van der Waals surface area (Å²) in [6.45, 7) is 0. The smallest absolute Gasteiger partial charge is 0.335 e. The fourth-order valence-corrected chi connectivity index (χ4v) is 1.49. The first-order valence-corrected chi connectivity index (χ1v) is 4.34. The second kappa shape index (κ2) is 3.29. The van der Waals surface area contributed by atoms with Crippen LogP contribution in [-0.2, 0) is 6.42 Å². The van der Waals surface area contributed by atoms with Crippen molar-refractivity contribution in [2.24, 2.45) is 0 Å². The molecule has 0 aromatic heterocycles. The number of aryl methyl sites for hydroxylation is 1. The number of carboxylic acid groups (broad SMARTS) is 1. The molecule has 1 aromatic rings. The number of ether oxygens (including phenoxy) is 1. The van der Waals surface area contributed by atoms with Crippen molar-refractivity contribution in [3.63, 3.8) is 0 Å². The third kappa shape index (κ3) is 1.55. The normalized spacial score (nSPS) is 19.6. The Morgan fingerprint density at radius 2 is 2.36 bits per heavy atom. The van der Waals surface area contributed by atoms with Crippen LogP contribution in [0.25, 0.3) is 0 Å². The minimum atomic E-state index is -1.27. The van der Waals surface area contributed by atoms with E-state index in [1.165, 1.54) is 18.2 Å². The summed E-state index contributed by atoms with van der Waals surface area (Å²) in [6.07, 6.45) is -0.452. The van der Waals surface area contributed by atoms with E-state index in [0.29, 0.717) is 12.2 Å². The van der Waals surface area contributed by atoms with Gasteiger partial charge in [0, 0.05) is 6.42 Å². The molecule has 0 fully saturated rings. The summed E-state index contributed by atoms with van der Waals surface area (Å²) in [6, 6.07) is 4.45. The number of carboxylic acids is 1. The number of carbonyl (C=O) groups is 1. The minimum Gasteiger partial charge on any atom is -0.478 e. The molecule has 2 rings (SSSR count). The van der Waals surface area contributed by atoms with Crippen molar-refractivity contribution in [1.82, 2.24) is 0 Å². The van der Waals surface area contributed by atoms with Crippen molar-refractivity contribution in [2.45, 2.75) is 19.2 Å². The molecular weight excluding hydrogens is 187 g/mol. The van der Waals surface area contributed by atoms with Crippen LogP contribution in [0.3, 0.4) is 0 Å². The van der Waals surface area contributed by atoms with Crippen LogP contribution < -0.4 is 4.74 Å². The molecule has 0 radical (unpaired) electrons. The van der Waals surface area contributed by atoms with Gasteiger partial charge < -0.3 is 9.84 Å². The number of fused-ring (bicyclic) bond motifs is 1. The lowest BCUT2D eigenvalue weighted by atomic mass is 10.0. The number of aromatic carboxylic acids is 1. The van der Waals surface area contributed by atoms with Crippen molar-refractivity contribution in [3.05, 3.63) is 29.3 Å². The molecule has 0 bridgehead atoms. The summed E-state index contributed by atoms with van der Waals surface area (Å²) in [5.74, 6) is -0.524. The van der Waals surface area contributed by atoms with Gasteiger partial charge in [-0.2, -0.15) is 0 Å². The van der Waals surface area contributed by atoms with Crippen LogP contribution in [0, 0.1) is 0 Å². The lowest BCUT2D eigenvalue weighted by Gasteiger charge is -2.20. The number of halogens is 1. The molecule has 74 valence electrons. The Morgan fingerprint density at radius 3 is 3.07 bits per heavy atom. The van der Waals surface area contributed by atoms with E-state index in [9.17, 15) is 9.18 Å². The Balaban J connectivity index is 2.36. The molecule has 1 atom stereocenters. The van der Waals surface area contributed by atoms with Gasteiger partial charge in [-0.05, 0) is 30.2 Å². The number of alkyl halides is 1. The number of hydrogen-bond acceptors (Lipinski definition) is 2. The highest BCUT2D eigenvalue weighted by Gasteiger charge is 2.19. The van der Waals surface area contributed by atoms with Gasteiger partial charge in [0.25, 0.3) is 0 Å². The molecule has 4 heteroatoms. The molecule has 14 heavy (non-hydrogen) atoms. The average Bonchev–Trinajstić information content (AvgIpc) is 2.16. The topological polar surface area (TPSA) is 46.5 Å². The van der Waals surface area contributed by atoms with Gasteiger partial charge in [-0.3, -0.25) is 0 Å². The van der Waals surface area contributed by atoms with Gasteiger partial charge in [0.05, 0.1) is 5.56 Å². The van der Waals surface area contributed by atoms with Crippen molar-refractivity contribution in [3.8, 4) is 5.75 Å². The van der Waals surface area contributed by atoms with E-state index in [-0.39, 0.29) is 12.0 Å². The maximum absolute atomic E-state index is 12.8. The van der Waals surface area contributed by atoms with E-state index >= 15 is 0 Å². The van der Waals surface area contributed by atoms with Crippen LogP contribution in [0.5, 0.6) is 5.75 Å². The SMILES string of the molecule is O=C(O)c1ccc2c(c1)CCC(F)O2. The second-order valence-electron chi connectivity index (χ2n) is 3.19.